The molecule has 1 N–H and O–H groups in total. The van der Waals surface area contributed by atoms with Crippen LogP contribution >= 0.6 is 0 Å². The highest BCUT2D eigenvalue weighted by Gasteiger charge is 2.28. The van der Waals surface area contributed by atoms with E-state index in [0.717, 1.165) is 18.4 Å². The van der Waals surface area contributed by atoms with Gasteiger partial charge < -0.3 is 5.11 Å². The molecule has 1 fully saturated rings. The minimum atomic E-state index is -0.915. The van der Waals surface area contributed by atoms with Crippen LogP contribution in [-0.4, -0.2) is 16.9 Å². The van der Waals surface area contributed by atoms with E-state index in [1.165, 1.54) is 0 Å². The Morgan fingerprint density at radius 1 is 1.35 bits per heavy atom. The van der Waals surface area contributed by atoms with E-state index in [4.69, 9.17) is 5.11 Å². The van der Waals surface area contributed by atoms with Gasteiger partial charge in [-0.15, -0.1) is 0 Å². The average Bonchev–Trinajstić information content (AvgIpc) is 3.12. The maximum Gasteiger partial charge on any atom is 0.306 e. The fourth-order valence-electron chi connectivity index (χ4n) is 1.98. The average molecular weight is 232 g/mol. The lowest BCUT2D eigenvalue weighted by molar-refractivity contribution is -0.141. The summed E-state index contributed by atoms with van der Waals surface area (Å²) in [6.45, 7) is 1.57. The molecule has 0 heterocycles. The van der Waals surface area contributed by atoms with E-state index < -0.39 is 11.9 Å². The number of carboxylic acids is 1. The van der Waals surface area contributed by atoms with Gasteiger partial charge in [-0.25, -0.2) is 0 Å². The lowest BCUT2D eigenvalue weighted by Gasteiger charge is -2.09. The van der Waals surface area contributed by atoms with E-state index in [9.17, 15) is 9.59 Å². The summed E-state index contributed by atoms with van der Waals surface area (Å²) in [5, 5.41) is 8.82. The highest BCUT2D eigenvalue weighted by molar-refractivity contribution is 5.99. The molecular weight excluding hydrogens is 216 g/mol. The first kappa shape index (κ1) is 11.8. The standard InChI is InChI=1S/C14H16O3/c1-9(14(16)17)8-13(15)12-5-3-2-4-11(12)10-6-7-10/h2-5,9-10H,6-8H2,1H3,(H,16,17). The molecule has 1 aromatic rings. The maximum absolute atomic E-state index is 12.0. The van der Waals surface area contributed by atoms with Crippen molar-refractivity contribution in [2.24, 2.45) is 5.92 Å². The Morgan fingerprint density at radius 3 is 2.59 bits per heavy atom. The van der Waals surface area contributed by atoms with Crippen molar-refractivity contribution in [2.75, 3.05) is 0 Å². The number of rotatable bonds is 5. The van der Waals surface area contributed by atoms with Crippen LogP contribution in [0.4, 0.5) is 0 Å². The molecule has 1 aromatic carbocycles. The molecule has 3 nitrogen and oxygen atoms in total. The molecule has 0 aromatic heterocycles. The summed E-state index contributed by atoms with van der Waals surface area (Å²) in [6.07, 6.45) is 2.36. The van der Waals surface area contributed by atoms with Crippen molar-refractivity contribution in [3.63, 3.8) is 0 Å². The number of benzene rings is 1. The summed E-state index contributed by atoms with van der Waals surface area (Å²) < 4.78 is 0. The molecule has 1 aliphatic carbocycles. The zero-order valence-corrected chi connectivity index (χ0v) is 9.85. The van der Waals surface area contributed by atoms with Crippen LogP contribution in [0, 0.1) is 5.92 Å². The molecule has 0 saturated heterocycles. The van der Waals surface area contributed by atoms with Gasteiger partial charge in [0.1, 0.15) is 0 Å². The summed E-state index contributed by atoms with van der Waals surface area (Å²) in [5.41, 5.74) is 1.80. The smallest absolute Gasteiger partial charge is 0.306 e. The Balaban J connectivity index is 2.16. The Kier molecular flexibility index (Phi) is 3.27. The van der Waals surface area contributed by atoms with Crippen molar-refractivity contribution in [1.82, 2.24) is 0 Å². The number of aliphatic carboxylic acids is 1. The van der Waals surface area contributed by atoms with Crippen molar-refractivity contribution >= 4 is 11.8 Å². The third-order valence-corrected chi connectivity index (χ3v) is 3.19. The lowest BCUT2D eigenvalue weighted by Crippen LogP contribution is -2.15. The molecule has 0 radical (unpaired) electrons. The fourth-order valence-corrected chi connectivity index (χ4v) is 1.98. The van der Waals surface area contributed by atoms with E-state index in [-0.39, 0.29) is 12.2 Å². The number of ketones is 1. The number of hydrogen-bond donors (Lipinski definition) is 1. The minimum absolute atomic E-state index is 0.0533. The Labute approximate surface area is 100 Å². The second kappa shape index (κ2) is 4.70. The van der Waals surface area contributed by atoms with Gasteiger partial charge in [0, 0.05) is 12.0 Å². The largest absolute Gasteiger partial charge is 0.481 e. The molecule has 1 atom stereocenters. The van der Waals surface area contributed by atoms with Gasteiger partial charge in [-0.05, 0) is 24.3 Å². The van der Waals surface area contributed by atoms with Gasteiger partial charge in [0.15, 0.2) is 5.78 Å². The molecule has 0 bridgehead atoms. The summed E-state index contributed by atoms with van der Waals surface area (Å²) in [4.78, 5) is 22.8. The van der Waals surface area contributed by atoms with Crippen LogP contribution in [0.1, 0.15) is 48.0 Å². The van der Waals surface area contributed by atoms with Gasteiger partial charge in [-0.2, -0.15) is 0 Å². The van der Waals surface area contributed by atoms with E-state index in [1.54, 1.807) is 6.92 Å². The second-order valence-corrected chi connectivity index (χ2v) is 4.73. The van der Waals surface area contributed by atoms with Gasteiger partial charge in [0.2, 0.25) is 0 Å². The number of carbonyl (C=O) groups excluding carboxylic acids is 1. The van der Waals surface area contributed by atoms with Crippen LogP contribution < -0.4 is 0 Å². The maximum atomic E-state index is 12.0. The van der Waals surface area contributed by atoms with Crippen LogP contribution in [0.5, 0.6) is 0 Å². The van der Waals surface area contributed by atoms with Crippen molar-refractivity contribution in [3.8, 4) is 0 Å². The monoisotopic (exact) mass is 232 g/mol. The minimum Gasteiger partial charge on any atom is -0.481 e. The molecule has 90 valence electrons. The first-order valence-electron chi connectivity index (χ1n) is 5.94. The molecule has 3 heteroatoms. The van der Waals surface area contributed by atoms with Gasteiger partial charge in [-0.3, -0.25) is 9.59 Å². The molecule has 0 amide bonds. The van der Waals surface area contributed by atoms with Crippen LogP contribution in [-0.2, 0) is 4.79 Å². The summed E-state index contributed by atoms with van der Waals surface area (Å²) >= 11 is 0. The van der Waals surface area contributed by atoms with E-state index in [1.807, 2.05) is 24.3 Å². The van der Waals surface area contributed by atoms with Crippen LogP contribution in [0.25, 0.3) is 0 Å². The Bertz CT molecular complexity index is 447. The predicted octanol–water partition coefficient (Wildman–Crippen LogP) is 2.86. The summed E-state index contributed by atoms with van der Waals surface area (Å²) in [6, 6.07) is 7.57. The Hall–Kier alpha value is -1.64. The molecule has 1 aliphatic rings. The first-order chi connectivity index (χ1) is 8.09. The second-order valence-electron chi connectivity index (χ2n) is 4.73. The van der Waals surface area contributed by atoms with Crippen LogP contribution in [0.2, 0.25) is 0 Å². The quantitative estimate of drug-likeness (QED) is 0.794. The zero-order chi connectivity index (χ0) is 12.4. The summed E-state index contributed by atoms with van der Waals surface area (Å²) in [5.74, 6) is -1.07. The Morgan fingerprint density at radius 2 is 2.00 bits per heavy atom. The molecular formula is C14H16O3. The SMILES string of the molecule is CC(CC(=O)c1ccccc1C1CC1)C(=O)O. The van der Waals surface area contributed by atoms with Gasteiger partial charge in [0.25, 0.3) is 0 Å². The van der Waals surface area contributed by atoms with Gasteiger partial charge in [0.05, 0.1) is 5.92 Å². The van der Waals surface area contributed by atoms with Crippen molar-refractivity contribution < 1.29 is 14.7 Å². The molecule has 17 heavy (non-hydrogen) atoms. The van der Waals surface area contributed by atoms with Gasteiger partial charge >= 0.3 is 5.97 Å². The number of Topliss-reactive ketones (excluding diaryl/α,β-unsaturated/α-hetero) is 1. The molecule has 0 spiro atoms. The molecule has 2 rings (SSSR count). The van der Waals surface area contributed by atoms with Crippen molar-refractivity contribution in [2.45, 2.75) is 32.1 Å². The fraction of sp³-hybridized carbons (Fsp3) is 0.429. The lowest BCUT2D eigenvalue weighted by atomic mass is 9.94. The van der Waals surface area contributed by atoms with E-state index in [2.05, 4.69) is 0 Å². The van der Waals surface area contributed by atoms with Crippen molar-refractivity contribution in [1.29, 1.82) is 0 Å². The number of carbonyl (C=O) groups is 2. The number of hydrogen-bond acceptors (Lipinski definition) is 2. The predicted molar refractivity (Wildman–Crippen MR) is 64.2 cm³/mol. The molecule has 0 aliphatic heterocycles. The highest BCUT2D eigenvalue weighted by atomic mass is 16.4. The normalized spacial score (nSPS) is 16.5. The first-order valence-corrected chi connectivity index (χ1v) is 5.94. The summed E-state index contributed by atoms with van der Waals surface area (Å²) in [7, 11) is 0. The highest BCUT2D eigenvalue weighted by Crippen LogP contribution is 2.41. The van der Waals surface area contributed by atoms with Gasteiger partial charge in [-0.1, -0.05) is 31.2 Å². The van der Waals surface area contributed by atoms with E-state index >= 15 is 0 Å². The molecule has 1 unspecified atom stereocenters. The van der Waals surface area contributed by atoms with Crippen molar-refractivity contribution in [3.05, 3.63) is 35.4 Å². The van der Waals surface area contributed by atoms with E-state index in [0.29, 0.717) is 11.5 Å². The third kappa shape index (κ3) is 2.73. The third-order valence-electron chi connectivity index (χ3n) is 3.19. The topological polar surface area (TPSA) is 54.4 Å². The molecule has 1 saturated carbocycles. The zero-order valence-electron chi connectivity index (χ0n) is 9.85. The van der Waals surface area contributed by atoms with Crippen LogP contribution in [0.15, 0.2) is 24.3 Å². The van der Waals surface area contributed by atoms with Crippen LogP contribution in [0.3, 0.4) is 0 Å². The number of carboxylic acid groups (broad SMARTS) is 1.